The summed E-state index contributed by atoms with van der Waals surface area (Å²) >= 11 is 1.32. The molecule has 21 heavy (non-hydrogen) atoms. The van der Waals surface area contributed by atoms with Crippen LogP contribution in [0.5, 0.6) is 0 Å². The van der Waals surface area contributed by atoms with Gasteiger partial charge >= 0.3 is 0 Å². The molecule has 9 nitrogen and oxygen atoms in total. The first-order valence-electron chi connectivity index (χ1n) is 6.14. The lowest BCUT2D eigenvalue weighted by molar-refractivity contribution is -0.386. The summed E-state index contributed by atoms with van der Waals surface area (Å²) in [4.78, 5) is 14.9. The van der Waals surface area contributed by atoms with E-state index in [1.54, 1.807) is 13.8 Å². The van der Waals surface area contributed by atoms with Crippen molar-refractivity contribution < 1.29 is 10.0 Å². The van der Waals surface area contributed by atoms with Crippen molar-refractivity contribution in [1.29, 1.82) is 0 Å². The highest BCUT2D eigenvalue weighted by Gasteiger charge is 2.19. The van der Waals surface area contributed by atoms with E-state index in [0.717, 1.165) is 0 Å². The summed E-state index contributed by atoms with van der Waals surface area (Å²) in [5, 5.41) is 31.6. The van der Waals surface area contributed by atoms with Crippen LogP contribution in [0.2, 0.25) is 0 Å². The number of hydrogen-bond donors (Lipinski definition) is 1. The first-order valence-corrected chi connectivity index (χ1v) is 7.12. The van der Waals surface area contributed by atoms with Crippen LogP contribution in [0.3, 0.4) is 0 Å². The summed E-state index contributed by atoms with van der Waals surface area (Å²) < 4.78 is 1.47. The van der Waals surface area contributed by atoms with Gasteiger partial charge in [-0.2, -0.15) is 0 Å². The Balaban J connectivity index is 2.19. The van der Waals surface area contributed by atoms with Crippen molar-refractivity contribution in [2.45, 2.75) is 31.3 Å². The molecule has 0 radical (unpaired) electrons. The molecule has 10 heteroatoms. The molecule has 0 atom stereocenters. The van der Waals surface area contributed by atoms with Crippen LogP contribution in [0.1, 0.15) is 16.8 Å². The summed E-state index contributed by atoms with van der Waals surface area (Å²) in [5.41, 5.74) is 1.80. The van der Waals surface area contributed by atoms with Gasteiger partial charge in [-0.05, 0) is 24.3 Å². The van der Waals surface area contributed by atoms with Gasteiger partial charge < -0.3 is 5.11 Å². The molecule has 0 unspecified atom stereocenters. The number of nitro groups is 1. The molecule has 0 spiro atoms. The summed E-state index contributed by atoms with van der Waals surface area (Å²) in [5.74, 6) is 0.415. The average Bonchev–Trinajstić information content (AvgIpc) is 2.85. The molecule has 2 aromatic heterocycles. The average molecular weight is 310 g/mol. The lowest BCUT2D eigenvalue weighted by Gasteiger charge is -2.07. The number of rotatable bonds is 6. The predicted octanol–water partition coefficient (Wildman–Crippen LogP) is 0.878. The van der Waals surface area contributed by atoms with Crippen molar-refractivity contribution in [2.24, 2.45) is 0 Å². The Bertz CT molecular complexity index is 659. The number of tetrazole rings is 1. The van der Waals surface area contributed by atoms with E-state index in [9.17, 15) is 10.1 Å². The maximum Gasteiger partial charge on any atom is 0.278 e. The van der Waals surface area contributed by atoms with Gasteiger partial charge in [-0.1, -0.05) is 11.8 Å². The Morgan fingerprint density at radius 2 is 2.24 bits per heavy atom. The van der Waals surface area contributed by atoms with Crippen LogP contribution in [0.15, 0.2) is 11.4 Å². The quantitative estimate of drug-likeness (QED) is 0.474. The Labute approximate surface area is 124 Å². The highest BCUT2D eigenvalue weighted by molar-refractivity contribution is 7.98. The maximum absolute atomic E-state index is 11.1. The van der Waals surface area contributed by atoms with Gasteiger partial charge in [0.05, 0.1) is 23.8 Å². The Morgan fingerprint density at radius 3 is 2.90 bits per heavy atom. The summed E-state index contributed by atoms with van der Waals surface area (Å²) in [6.45, 7) is 3.59. The third-order valence-electron chi connectivity index (χ3n) is 2.91. The Morgan fingerprint density at radius 1 is 1.48 bits per heavy atom. The van der Waals surface area contributed by atoms with E-state index in [4.69, 9.17) is 5.11 Å². The fourth-order valence-electron chi connectivity index (χ4n) is 1.86. The van der Waals surface area contributed by atoms with Gasteiger partial charge in [-0.15, -0.1) is 5.10 Å². The van der Waals surface area contributed by atoms with Crippen molar-refractivity contribution >= 4 is 17.4 Å². The molecule has 0 fully saturated rings. The largest absolute Gasteiger partial charge is 0.394 e. The van der Waals surface area contributed by atoms with Crippen LogP contribution in [-0.2, 0) is 12.3 Å². The van der Waals surface area contributed by atoms with Crippen LogP contribution >= 0.6 is 11.8 Å². The number of nitrogens with zero attached hydrogens (tertiary/aromatic N) is 6. The smallest absolute Gasteiger partial charge is 0.278 e. The molecule has 0 aromatic carbocycles. The van der Waals surface area contributed by atoms with E-state index in [0.29, 0.717) is 34.3 Å². The number of aliphatic hydroxyl groups is 1. The van der Waals surface area contributed by atoms with Gasteiger partial charge in [-0.3, -0.25) is 15.1 Å². The fraction of sp³-hybridized carbons (Fsp3) is 0.455. The van der Waals surface area contributed by atoms with Gasteiger partial charge in [0.15, 0.2) is 0 Å². The second kappa shape index (κ2) is 6.59. The van der Waals surface area contributed by atoms with Crippen LogP contribution < -0.4 is 0 Å². The van der Waals surface area contributed by atoms with Crippen LogP contribution in [0, 0.1) is 24.0 Å². The molecule has 0 saturated heterocycles. The topological polar surface area (TPSA) is 120 Å². The monoisotopic (exact) mass is 310 g/mol. The molecular weight excluding hydrogens is 296 g/mol. The van der Waals surface area contributed by atoms with E-state index >= 15 is 0 Å². The molecule has 2 rings (SSSR count). The minimum absolute atomic E-state index is 0.0636. The summed E-state index contributed by atoms with van der Waals surface area (Å²) in [6.07, 6.45) is 1.50. The zero-order valence-electron chi connectivity index (χ0n) is 11.6. The van der Waals surface area contributed by atoms with E-state index in [-0.39, 0.29) is 12.3 Å². The first-order chi connectivity index (χ1) is 10.0. The van der Waals surface area contributed by atoms with Crippen molar-refractivity contribution in [1.82, 2.24) is 25.2 Å². The molecule has 0 bridgehead atoms. The fourth-order valence-corrected chi connectivity index (χ4v) is 2.79. The molecule has 0 aliphatic heterocycles. The van der Waals surface area contributed by atoms with Gasteiger partial charge in [0.1, 0.15) is 0 Å². The predicted molar refractivity (Wildman–Crippen MR) is 74.8 cm³/mol. The second-order valence-electron chi connectivity index (χ2n) is 4.32. The molecule has 1 N–H and O–H groups in total. The zero-order chi connectivity index (χ0) is 15.4. The lowest BCUT2D eigenvalue weighted by Crippen LogP contribution is -2.06. The number of aliphatic hydroxyl groups excluding tert-OH is 1. The van der Waals surface area contributed by atoms with Crippen molar-refractivity contribution in [3.8, 4) is 0 Å². The first kappa shape index (κ1) is 15.3. The van der Waals surface area contributed by atoms with E-state index in [1.165, 1.54) is 22.6 Å². The summed E-state index contributed by atoms with van der Waals surface area (Å²) in [7, 11) is 0. The molecule has 0 aliphatic rings. The zero-order valence-corrected chi connectivity index (χ0v) is 12.4. The highest BCUT2D eigenvalue weighted by Crippen LogP contribution is 2.28. The second-order valence-corrected chi connectivity index (χ2v) is 5.26. The standard InChI is InChI=1S/C11H14N6O3S/c1-7-5-12-9(8(2)10(7)17(19)20)6-21-11-13-14-15-16(11)3-4-18/h5,18H,3-4,6H2,1-2H3. The third kappa shape index (κ3) is 3.34. The van der Waals surface area contributed by atoms with E-state index in [2.05, 4.69) is 20.5 Å². The minimum atomic E-state index is -0.393. The van der Waals surface area contributed by atoms with Gasteiger partial charge in [0.25, 0.3) is 5.69 Å². The lowest BCUT2D eigenvalue weighted by atomic mass is 10.1. The number of thioether (sulfide) groups is 1. The Hall–Kier alpha value is -2.07. The molecule has 112 valence electrons. The molecule has 2 heterocycles. The summed E-state index contributed by atoms with van der Waals surface area (Å²) in [6, 6.07) is 0. The SMILES string of the molecule is Cc1cnc(CSc2nnnn2CCO)c(C)c1[N+](=O)[O-]. The number of aryl methyl sites for hydroxylation is 1. The maximum atomic E-state index is 11.1. The van der Waals surface area contributed by atoms with Crippen molar-refractivity contribution in [3.05, 3.63) is 33.1 Å². The van der Waals surface area contributed by atoms with Gasteiger partial charge in [-0.25, -0.2) is 4.68 Å². The Kier molecular flexibility index (Phi) is 4.81. The van der Waals surface area contributed by atoms with Crippen molar-refractivity contribution in [3.63, 3.8) is 0 Å². The number of aromatic nitrogens is 5. The highest BCUT2D eigenvalue weighted by atomic mass is 32.2. The van der Waals surface area contributed by atoms with Gasteiger partial charge in [0, 0.05) is 23.1 Å². The molecule has 2 aromatic rings. The number of pyridine rings is 1. The van der Waals surface area contributed by atoms with Crippen molar-refractivity contribution in [2.75, 3.05) is 6.61 Å². The van der Waals surface area contributed by atoms with Crippen LogP contribution in [0.25, 0.3) is 0 Å². The molecule has 0 aliphatic carbocycles. The minimum Gasteiger partial charge on any atom is -0.394 e. The van der Waals surface area contributed by atoms with Crippen LogP contribution in [0.4, 0.5) is 5.69 Å². The molecule has 0 amide bonds. The third-order valence-corrected chi connectivity index (χ3v) is 3.88. The number of hydrogen-bond acceptors (Lipinski definition) is 8. The van der Waals surface area contributed by atoms with E-state index < -0.39 is 4.92 Å². The van der Waals surface area contributed by atoms with Gasteiger partial charge in [0.2, 0.25) is 5.16 Å². The van der Waals surface area contributed by atoms with E-state index in [1.807, 2.05) is 0 Å². The molecular formula is C11H14N6O3S. The van der Waals surface area contributed by atoms with Crippen LogP contribution in [-0.4, -0.2) is 41.8 Å². The normalized spacial score (nSPS) is 10.8. The molecule has 0 saturated carbocycles.